The summed E-state index contributed by atoms with van der Waals surface area (Å²) in [6.45, 7) is 7.08. The molecule has 0 atom stereocenters. The fraction of sp³-hybridized carbons (Fsp3) is 1.00. The second-order valence-electron chi connectivity index (χ2n) is 8.56. The van der Waals surface area contributed by atoms with E-state index in [-0.39, 0.29) is 9.90 Å². The summed E-state index contributed by atoms with van der Waals surface area (Å²) in [5.41, 5.74) is 0. The van der Waals surface area contributed by atoms with Gasteiger partial charge < -0.3 is 24.6 Å². The minimum Gasteiger partial charge on any atom is -0.822 e. The van der Waals surface area contributed by atoms with Crippen LogP contribution in [0.3, 0.4) is 0 Å². The van der Waals surface area contributed by atoms with Crippen molar-refractivity contribution in [3.8, 4) is 0 Å². The topological polar surface area (TPSA) is 98.3 Å². The Hall–Kier alpha value is 0.500. The van der Waals surface area contributed by atoms with E-state index in [2.05, 4.69) is 19.2 Å². The number of hydrogen-bond donors (Lipinski definition) is 1. The van der Waals surface area contributed by atoms with Gasteiger partial charge in [0, 0.05) is 0 Å². The van der Waals surface area contributed by atoms with Crippen LogP contribution in [0.15, 0.2) is 0 Å². The first-order valence-corrected chi connectivity index (χ1v) is 14.3. The number of unbranched alkanes of at least 4 members (excludes halogenated alkanes) is 18. The molecule has 0 heterocycles. The summed E-state index contributed by atoms with van der Waals surface area (Å²) in [5.74, 6) is 0. The zero-order chi connectivity index (χ0) is 22.8. The summed E-state index contributed by atoms with van der Waals surface area (Å²) in [7, 11) is -5.39. The Balaban J connectivity index is -0.00000116. The van der Waals surface area contributed by atoms with Gasteiger partial charge in [-0.25, -0.2) is 0 Å². The third-order valence-corrected chi connectivity index (χ3v) is 5.41. The van der Waals surface area contributed by atoms with Crippen molar-refractivity contribution < 1.29 is 19.2 Å². The molecular formula is C24H51NO4P2. The van der Waals surface area contributed by atoms with Gasteiger partial charge in [-0.2, -0.15) is 7.82 Å². The SMILES string of the molecule is CCCCCCCCCCCCNCCCCCCCCCCCC.O=P([O-])([O-])[O-].[P+3]. The van der Waals surface area contributed by atoms with Crippen molar-refractivity contribution in [3.63, 3.8) is 0 Å². The van der Waals surface area contributed by atoms with Crippen LogP contribution in [0.5, 0.6) is 0 Å². The maximum atomic E-state index is 8.55. The van der Waals surface area contributed by atoms with Crippen molar-refractivity contribution in [1.82, 2.24) is 5.32 Å². The fourth-order valence-corrected chi connectivity index (χ4v) is 3.60. The fourth-order valence-electron chi connectivity index (χ4n) is 3.60. The monoisotopic (exact) mass is 479 g/mol. The molecule has 0 rings (SSSR count). The number of hydrogen-bond acceptors (Lipinski definition) is 5. The van der Waals surface area contributed by atoms with Crippen molar-refractivity contribution in [2.45, 2.75) is 142 Å². The summed E-state index contributed by atoms with van der Waals surface area (Å²) in [4.78, 5) is 25.6. The van der Waals surface area contributed by atoms with Gasteiger partial charge in [-0.05, 0) is 25.9 Å². The first kappa shape index (κ1) is 36.1. The molecule has 0 amide bonds. The summed E-state index contributed by atoms with van der Waals surface area (Å²) in [6, 6.07) is 0. The number of nitrogens with one attached hydrogen (secondary N) is 1. The smallest absolute Gasteiger partial charge is 0.822 e. The van der Waals surface area contributed by atoms with E-state index in [9.17, 15) is 0 Å². The molecule has 0 fully saturated rings. The van der Waals surface area contributed by atoms with Crippen molar-refractivity contribution in [3.05, 3.63) is 0 Å². The Morgan fingerprint density at radius 1 is 0.484 bits per heavy atom. The largest absolute Gasteiger partial charge is 3.00 e. The minimum atomic E-state index is -5.39. The van der Waals surface area contributed by atoms with E-state index in [0.29, 0.717) is 0 Å². The van der Waals surface area contributed by atoms with E-state index in [1.165, 1.54) is 142 Å². The Labute approximate surface area is 197 Å². The van der Waals surface area contributed by atoms with Crippen LogP contribution in [0.2, 0.25) is 0 Å². The van der Waals surface area contributed by atoms with Crippen molar-refractivity contribution in [2.24, 2.45) is 0 Å². The third kappa shape index (κ3) is 48.9. The molecule has 186 valence electrons. The van der Waals surface area contributed by atoms with E-state index in [0.717, 1.165) is 0 Å². The summed E-state index contributed by atoms with van der Waals surface area (Å²) < 4.78 is 8.55. The molecule has 1 N–H and O–H groups in total. The first-order chi connectivity index (χ1) is 14.4. The number of rotatable bonds is 22. The van der Waals surface area contributed by atoms with E-state index in [1.54, 1.807) is 0 Å². The predicted octanol–water partition coefficient (Wildman–Crippen LogP) is 6.45. The zero-order valence-corrected chi connectivity index (χ0v) is 22.4. The third-order valence-electron chi connectivity index (χ3n) is 5.41. The molecule has 0 saturated heterocycles. The predicted molar refractivity (Wildman–Crippen MR) is 131 cm³/mol. The van der Waals surface area contributed by atoms with Crippen LogP contribution < -0.4 is 20.0 Å². The molecule has 0 spiro atoms. The molecule has 0 aromatic heterocycles. The normalized spacial score (nSPS) is 11.0. The molecule has 2 radical (unpaired) electrons. The molecule has 0 saturated carbocycles. The van der Waals surface area contributed by atoms with Gasteiger partial charge in [0.1, 0.15) is 0 Å². The second kappa shape index (κ2) is 30.5. The molecule has 5 nitrogen and oxygen atoms in total. The van der Waals surface area contributed by atoms with Crippen LogP contribution in [-0.4, -0.2) is 13.1 Å². The molecule has 0 aliphatic carbocycles. The van der Waals surface area contributed by atoms with Crippen LogP contribution in [0.1, 0.15) is 142 Å². The van der Waals surface area contributed by atoms with Crippen molar-refractivity contribution in [2.75, 3.05) is 13.1 Å². The Bertz CT molecular complexity index is 324. The average Bonchev–Trinajstić information content (AvgIpc) is 2.68. The Morgan fingerprint density at radius 3 is 0.903 bits per heavy atom. The van der Waals surface area contributed by atoms with Gasteiger partial charge in [-0.3, -0.25) is 0 Å². The molecule has 0 bridgehead atoms. The van der Waals surface area contributed by atoms with E-state index >= 15 is 0 Å². The van der Waals surface area contributed by atoms with Gasteiger partial charge in [-0.15, -0.1) is 0 Å². The van der Waals surface area contributed by atoms with Crippen molar-refractivity contribution in [1.29, 1.82) is 0 Å². The number of phosphoric acid groups is 1. The molecule has 0 unspecified atom stereocenters. The van der Waals surface area contributed by atoms with E-state index in [4.69, 9.17) is 19.2 Å². The molecule has 0 aromatic rings. The molecule has 0 aliphatic heterocycles. The zero-order valence-electron chi connectivity index (χ0n) is 20.6. The molecule has 7 heteroatoms. The summed E-state index contributed by atoms with van der Waals surface area (Å²) in [6.07, 6.45) is 28.8. The van der Waals surface area contributed by atoms with E-state index in [1.807, 2.05) is 0 Å². The van der Waals surface area contributed by atoms with Gasteiger partial charge in [0.2, 0.25) is 0 Å². The van der Waals surface area contributed by atoms with Gasteiger partial charge in [0.05, 0.1) is 0 Å². The minimum absolute atomic E-state index is 0. The second-order valence-corrected chi connectivity index (χ2v) is 9.46. The standard InChI is InChI=1S/C24H51N.H3O4P.P/c1-3-5-7-9-11-13-15-17-19-21-23-25-24-22-20-18-16-14-12-10-8-6-4-2;1-5(2,3)4;/h25H,3-24H2,1-2H3;(H3,1,2,3,4);/q;;+3/p-3. The first-order valence-electron chi connectivity index (χ1n) is 12.9. The van der Waals surface area contributed by atoms with Crippen LogP contribution in [0, 0.1) is 0 Å². The average molecular weight is 480 g/mol. The van der Waals surface area contributed by atoms with Gasteiger partial charge in [0.25, 0.3) is 0 Å². The quantitative estimate of drug-likeness (QED) is 0.142. The van der Waals surface area contributed by atoms with Crippen LogP contribution in [0.25, 0.3) is 0 Å². The van der Waals surface area contributed by atoms with Gasteiger partial charge in [0.15, 0.2) is 0 Å². The van der Waals surface area contributed by atoms with Crippen LogP contribution >= 0.6 is 17.7 Å². The molecule has 0 aliphatic rings. The van der Waals surface area contributed by atoms with Crippen LogP contribution in [-0.2, 0) is 4.57 Å². The summed E-state index contributed by atoms with van der Waals surface area (Å²) in [5, 5.41) is 3.64. The van der Waals surface area contributed by atoms with E-state index < -0.39 is 7.82 Å². The maximum Gasteiger partial charge on any atom is 3.00 e. The van der Waals surface area contributed by atoms with Gasteiger partial charge >= 0.3 is 9.90 Å². The Kier molecular flexibility index (Phi) is 35.5. The Morgan fingerprint density at radius 2 is 0.677 bits per heavy atom. The van der Waals surface area contributed by atoms with Gasteiger partial charge in [-0.1, -0.05) is 129 Å². The van der Waals surface area contributed by atoms with Crippen molar-refractivity contribution >= 4 is 17.7 Å². The molecule has 31 heavy (non-hydrogen) atoms. The maximum absolute atomic E-state index is 8.55. The molecular weight excluding hydrogens is 428 g/mol. The van der Waals surface area contributed by atoms with Crippen LogP contribution in [0.4, 0.5) is 0 Å². The molecule has 0 aromatic carbocycles. The summed E-state index contributed by atoms with van der Waals surface area (Å²) >= 11 is 0.